The van der Waals surface area contributed by atoms with Crippen LogP contribution in [0.1, 0.15) is 22.8 Å². The average Bonchev–Trinajstić information content (AvgIpc) is 2.50. The van der Waals surface area contributed by atoms with Gasteiger partial charge in [-0.05, 0) is 18.6 Å². The predicted octanol–water partition coefficient (Wildman–Crippen LogP) is 3.09. The SMILES string of the molecule is Cc1ccc(C(O)CNCc2cc(Cl)cc([N+](=O)[O-])c2O)cc1. The van der Waals surface area contributed by atoms with Crippen molar-refractivity contribution in [1.29, 1.82) is 0 Å². The maximum absolute atomic E-state index is 10.8. The van der Waals surface area contributed by atoms with Crippen molar-refractivity contribution < 1.29 is 15.1 Å². The highest BCUT2D eigenvalue weighted by molar-refractivity contribution is 6.31. The number of aryl methyl sites for hydroxylation is 1. The van der Waals surface area contributed by atoms with Crippen LogP contribution in [-0.2, 0) is 6.54 Å². The number of phenols is 1. The first-order chi connectivity index (χ1) is 10.9. The van der Waals surface area contributed by atoms with Gasteiger partial charge in [-0.3, -0.25) is 10.1 Å². The molecule has 0 aliphatic carbocycles. The lowest BCUT2D eigenvalue weighted by atomic mass is 10.1. The molecule has 0 amide bonds. The molecule has 3 N–H and O–H groups in total. The topological polar surface area (TPSA) is 95.6 Å². The van der Waals surface area contributed by atoms with Crippen LogP contribution in [0.5, 0.6) is 5.75 Å². The van der Waals surface area contributed by atoms with Crippen molar-refractivity contribution in [2.24, 2.45) is 0 Å². The lowest BCUT2D eigenvalue weighted by Gasteiger charge is -2.13. The van der Waals surface area contributed by atoms with Gasteiger partial charge in [0.2, 0.25) is 0 Å². The molecule has 0 aliphatic heterocycles. The summed E-state index contributed by atoms with van der Waals surface area (Å²) in [5, 5.41) is 34.0. The van der Waals surface area contributed by atoms with E-state index in [-0.39, 0.29) is 18.1 Å². The van der Waals surface area contributed by atoms with E-state index < -0.39 is 22.5 Å². The minimum absolute atomic E-state index is 0.149. The molecule has 6 nitrogen and oxygen atoms in total. The summed E-state index contributed by atoms with van der Waals surface area (Å²) in [6, 6.07) is 10.0. The summed E-state index contributed by atoms with van der Waals surface area (Å²) < 4.78 is 0. The van der Waals surface area contributed by atoms with Crippen LogP contribution >= 0.6 is 11.6 Å². The van der Waals surface area contributed by atoms with Crippen LogP contribution in [0.4, 0.5) is 5.69 Å². The van der Waals surface area contributed by atoms with E-state index in [0.717, 1.165) is 17.2 Å². The van der Waals surface area contributed by atoms with E-state index in [4.69, 9.17) is 11.6 Å². The van der Waals surface area contributed by atoms with Gasteiger partial charge in [0.15, 0.2) is 5.75 Å². The van der Waals surface area contributed by atoms with Crippen LogP contribution in [0, 0.1) is 17.0 Å². The largest absolute Gasteiger partial charge is 0.502 e. The monoisotopic (exact) mass is 336 g/mol. The minimum Gasteiger partial charge on any atom is -0.502 e. The molecule has 2 rings (SSSR count). The van der Waals surface area contributed by atoms with Crippen molar-refractivity contribution >= 4 is 17.3 Å². The molecule has 0 saturated heterocycles. The maximum Gasteiger partial charge on any atom is 0.312 e. The van der Waals surface area contributed by atoms with E-state index in [2.05, 4.69) is 5.32 Å². The van der Waals surface area contributed by atoms with E-state index in [0.29, 0.717) is 5.56 Å². The summed E-state index contributed by atoms with van der Waals surface area (Å²) >= 11 is 5.83. The fourth-order valence-corrected chi connectivity index (χ4v) is 2.40. The second-order valence-corrected chi connectivity index (χ2v) is 5.68. The highest BCUT2D eigenvalue weighted by Crippen LogP contribution is 2.33. The van der Waals surface area contributed by atoms with Gasteiger partial charge in [0.05, 0.1) is 11.0 Å². The molecule has 122 valence electrons. The van der Waals surface area contributed by atoms with Crippen molar-refractivity contribution in [1.82, 2.24) is 5.32 Å². The zero-order valence-corrected chi connectivity index (χ0v) is 13.2. The van der Waals surface area contributed by atoms with Crippen molar-refractivity contribution in [3.63, 3.8) is 0 Å². The Kier molecular flexibility index (Phi) is 5.54. The molecule has 0 aromatic heterocycles. The highest BCUT2D eigenvalue weighted by atomic mass is 35.5. The Morgan fingerprint density at radius 2 is 1.96 bits per heavy atom. The van der Waals surface area contributed by atoms with Crippen molar-refractivity contribution in [2.45, 2.75) is 19.6 Å². The zero-order valence-electron chi connectivity index (χ0n) is 12.5. The molecule has 0 bridgehead atoms. The number of nitro benzene ring substituents is 1. The summed E-state index contributed by atoms with van der Waals surface area (Å²) in [6.45, 7) is 2.35. The van der Waals surface area contributed by atoms with Gasteiger partial charge in [0.1, 0.15) is 0 Å². The van der Waals surface area contributed by atoms with Crippen LogP contribution in [0.3, 0.4) is 0 Å². The molecule has 7 heteroatoms. The number of aromatic hydroxyl groups is 1. The Bertz CT molecular complexity index is 704. The van der Waals surface area contributed by atoms with Crippen LogP contribution in [0.15, 0.2) is 36.4 Å². The number of hydrogen-bond donors (Lipinski definition) is 3. The maximum atomic E-state index is 10.8. The lowest BCUT2D eigenvalue weighted by molar-refractivity contribution is -0.385. The summed E-state index contributed by atoms with van der Waals surface area (Å²) in [6.07, 6.45) is -0.716. The van der Waals surface area contributed by atoms with Crippen molar-refractivity contribution in [3.05, 3.63) is 68.2 Å². The molecule has 0 spiro atoms. The van der Waals surface area contributed by atoms with E-state index in [1.807, 2.05) is 31.2 Å². The quantitative estimate of drug-likeness (QED) is 0.556. The van der Waals surface area contributed by atoms with Crippen LogP contribution < -0.4 is 5.32 Å². The Balaban J connectivity index is 2.01. The van der Waals surface area contributed by atoms with Crippen molar-refractivity contribution in [2.75, 3.05) is 6.54 Å². The van der Waals surface area contributed by atoms with E-state index in [1.165, 1.54) is 6.07 Å². The number of hydrogen-bond acceptors (Lipinski definition) is 5. The third-order valence-corrected chi connectivity index (χ3v) is 3.66. The molecular formula is C16H17ClN2O4. The number of phenolic OH excluding ortho intramolecular Hbond substituents is 1. The highest BCUT2D eigenvalue weighted by Gasteiger charge is 2.18. The first kappa shape index (κ1) is 17.2. The molecule has 1 atom stereocenters. The lowest BCUT2D eigenvalue weighted by Crippen LogP contribution is -2.21. The summed E-state index contributed by atoms with van der Waals surface area (Å²) in [7, 11) is 0. The van der Waals surface area contributed by atoms with E-state index in [9.17, 15) is 20.3 Å². The number of aliphatic hydroxyl groups excluding tert-OH is 1. The van der Waals surface area contributed by atoms with Gasteiger partial charge in [-0.1, -0.05) is 41.4 Å². The van der Waals surface area contributed by atoms with Gasteiger partial charge in [-0.2, -0.15) is 0 Å². The normalized spacial score (nSPS) is 12.1. The fourth-order valence-electron chi connectivity index (χ4n) is 2.16. The Labute approximate surface area is 138 Å². The molecule has 23 heavy (non-hydrogen) atoms. The first-order valence-corrected chi connectivity index (χ1v) is 7.37. The first-order valence-electron chi connectivity index (χ1n) is 6.99. The van der Waals surface area contributed by atoms with Gasteiger partial charge in [0.25, 0.3) is 0 Å². The van der Waals surface area contributed by atoms with Crippen molar-refractivity contribution in [3.8, 4) is 5.75 Å². The molecule has 2 aromatic carbocycles. The van der Waals surface area contributed by atoms with Crippen LogP contribution in [-0.4, -0.2) is 21.7 Å². The molecule has 0 fully saturated rings. The van der Waals surface area contributed by atoms with Gasteiger partial charge < -0.3 is 15.5 Å². The third kappa shape index (κ3) is 4.41. The average molecular weight is 337 g/mol. The summed E-state index contributed by atoms with van der Waals surface area (Å²) in [5.41, 5.74) is 1.74. The molecule has 0 radical (unpaired) electrons. The predicted molar refractivity (Wildman–Crippen MR) is 87.6 cm³/mol. The Hall–Kier alpha value is -2.15. The zero-order chi connectivity index (χ0) is 17.0. The van der Waals surface area contributed by atoms with E-state index in [1.54, 1.807) is 0 Å². The van der Waals surface area contributed by atoms with Gasteiger partial charge in [-0.25, -0.2) is 0 Å². The number of nitrogens with zero attached hydrogens (tertiary/aromatic N) is 1. The van der Waals surface area contributed by atoms with Crippen LogP contribution in [0.2, 0.25) is 5.02 Å². The van der Waals surface area contributed by atoms with Gasteiger partial charge in [0, 0.05) is 29.7 Å². The van der Waals surface area contributed by atoms with E-state index >= 15 is 0 Å². The fraction of sp³-hybridized carbons (Fsp3) is 0.250. The standard InChI is InChI=1S/C16H17ClN2O4/c1-10-2-4-11(5-3-10)15(20)9-18-8-12-6-13(17)7-14(16(12)21)19(22)23/h2-7,15,18,20-21H,8-9H2,1H3. The number of halogens is 1. The Morgan fingerprint density at radius 3 is 2.57 bits per heavy atom. The minimum atomic E-state index is -0.716. The molecular weight excluding hydrogens is 320 g/mol. The smallest absolute Gasteiger partial charge is 0.312 e. The number of nitro groups is 1. The van der Waals surface area contributed by atoms with Gasteiger partial charge in [-0.15, -0.1) is 0 Å². The molecule has 2 aromatic rings. The number of nitrogens with one attached hydrogen (secondary N) is 1. The summed E-state index contributed by atoms with van der Waals surface area (Å²) in [5.74, 6) is -0.420. The third-order valence-electron chi connectivity index (χ3n) is 3.45. The number of benzene rings is 2. The molecule has 0 aliphatic rings. The second-order valence-electron chi connectivity index (χ2n) is 5.25. The van der Waals surface area contributed by atoms with Crippen LogP contribution in [0.25, 0.3) is 0 Å². The molecule has 1 unspecified atom stereocenters. The molecule has 0 heterocycles. The number of aliphatic hydroxyl groups is 1. The number of rotatable bonds is 6. The summed E-state index contributed by atoms with van der Waals surface area (Å²) in [4.78, 5) is 10.2. The second kappa shape index (κ2) is 7.41. The Morgan fingerprint density at radius 1 is 1.30 bits per heavy atom. The molecule has 0 saturated carbocycles. The van der Waals surface area contributed by atoms with Gasteiger partial charge >= 0.3 is 5.69 Å².